The number of hydrogen-bond donors (Lipinski definition) is 0. The monoisotopic (exact) mass is 257 g/mol. The Morgan fingerprint density at radius 3 is 2.28 bits per heavy atom. The fraction of sp³-hybridized carbons (Fsp3) is 0.188. The van der Waals surface area contributed by atoms with Crippen molar-refractivity contribution in [2.75, 3.05) is 0 Å². The van der Waals surface area contributed by atoms with Crippen LogP contribution in [0.2, 0.25) is 5.02 Å². The lowest BCUT2D eigenvalue weighted by Crippen LogP contribution is -1.82. The van der Waals surface area contributed by atoms with E-state index in [1.807, 2.05) is 30.5 Å². The van der Waals surface area contributed by atoms with Crippen molar-refractivity contribution < 1.29 is 0 Å². The van der Waals surface area contributed by atoms with E-state index in [2.05, 4.69) is 36.2 Å². The summed E-state index contributed by atoms with van der Waals surface area (Å²) >= 11 is 5.83. The van der Waals surface area contributed by atoms with Crippen LogP contribution in [0, 0.1) is 0 Å². The molecule has 2 rings (SSSR count). The maximum absolute atomic E-state index is 5.83. The van der Waals surface area contributed by atoms with Gasteiger partial charge in [0.05, 0.1) is 5.69 Å². The lowest BCUT2D eigenvalue weighted by atomic mass is 10.1. The van der Waals surface area contributed by atoms with E-state index in [9.17, 15) is 0 Å². The van der Waals surface area contributed by atoms with Crippen LogP contribution in [-0.2, 0) is 6.42 Å². The molecule has 0 fully saturated rings. The van der Waals surface area contributed by atoms with Crippen molar-refractivity contribution in [2.45, 2.75) is 19.8 Å². The van der Waals surface area contributed by atoms with Gasteiger partial charge in [-0.3, -0.25) is 4.99 Å². The first-order chi connectivity index (χ1) is 8.78. The molecule has 0 bridgehead atoms. The Kier molecular flexibility index (Phi) is 4.54. The Bertz CT molecular complexity index is 512. The molecule has 0 heterocycles. The Labute approximate surface area is 113 Å². The van der Waals surface area contributed by atoms with Crippen molar-refractivity contribution in [3.63, 3.8) is 0 Å². The highest BCUT2D eigenvalue weighted by Gasteiger charge is 1.92. The third-order valence-electron chi connectivity index (χ3n) is 2.71. The van der Waals surface area contributed by atoms with Gasteiger partial charge in [-0.1, -0.05) is 49.2 Å². The normalized spacial score (nSPS) is 11.0. The zero-order chi connectivity index (χ0) is 12.8. The van der Waals surface area contributed by atoms with Gasteiger partial charge in [-0.05, 0) is 41.8 Å². The molecule has 0 saturated carbocycles. The van der Waals surface area contributed by atoms with Crippen LogP contribution in [-0.4, -0.2) is 6.21 Å². The second-order valence-corrected chi connectivity index (χ2v) is 4.66. The fourth-order valence-corrected chi connectivity index (χ4v) is 1.86. The van der Waals surface area contributed by atoms with E-state index in [0.717, 1.165) is 22.7 Å². The van der Waals surface area contributed by atoms with Gasteiger partial charge in [0.1, 0.15) is 0 Å². The molecular weight excluding hydrogens is 242 g/mol. The molecule has 0 atom stereocenters. The highest BCUT2D eigenvalue weighted by Crippen LogP contribution is 2.15. The smallest absolute Gasteiger partial charge is 0.0630 e. The first-order valence-corrected chi connectivity index (χ1v) is 6.54. The molecule has 0 unspecified atom stereocenters. The minimum absolute atomic E-state index is 0.746. The second kappa shape index (κ2) is 6.36. The number of halogens is 1. The molecule has 0 aromatic heterocycles. The number of rotatable bonds is 4. The number of benzene rings is 2. The van der Waals surface area contributed by atoms with E-state index < -0.39 is 0 Å². The van der Waals surface area contributed by atoms with Crippen LogP contribution in [0.5, 0.6) is 0 Å². The molecule has 2 heteroatoms. The highest BCUT2D eigenvalue weighted by atomic mass is 35.5. The SMILES string of the molecule is CCCc1ccc(N=Cc2ccc(Cl)cc2)cc1. The molecule has 18 heavy (non-hydrogen) atoms. The number of aliphatic imine (C=N–C) groups is 1. The van der Waals surface area contributed by atoms with Gasteiger partial charge >= 0.3 is 0 Å². The predicted molar refractivity (Wildman–Crippen MR) is 79.1 cm³/mol. The van der Waals surface area contributed by atoms with Crippen molar-refractivity contribution in [2.24, 2.45) is 4.99 Å². The summed E-state index contributed by atoms with van der Waals surface area (Å²) in [4.78, 5) is 4.44. The van der Waals surface area contributed by atoms with Gasteiger partial charge in [0.15, 0.2) is 0 Å². The molecule has 0 radical (unpaired) electrons. The van der Waals surface area contributed by atoms with Gasteiger partial charge in [-0.15, -0.1) is 0 Å². The molecule has 0 N–H and O–H groups in total. The summed E-state index contributed by atoms with van der Waals surface area (Å²) in [5.74, 6) is 0. The van der Waals surface area contributed by atoms with Crippen LogP contribution in [0.15, 0.2) is 53.5 Å². The largest absolute Gasteiger partial charge is 0.256 e. The molecule has 0 saturated heterocycles. The van der Waals surface area contributed by atoms with E-state index in [-0.39, 0.29) is 0 Å². The zero-order valence-electron chi connectivity index (χ0n) is 10.4. The summed E-state index contributed by atoms with van der Waals surface area (Å²) < 4.78 is 0. The van der Waals surface area contributed by atoms with Crippen molar-refractivity contribution >= 4 is 23.5 Å². The van der Waals surface area contributed by atoms with Crippen LogP contribution < -0.4 is 0 Å². The molecule has 92 valence electrons. The maximum atomic E-state index is 5.83. The summed E-state index contributed by atoms with van der Waals surface area (Å²) in [5.41, 5.74) is 3.39. The molecule has 2 aromatic rings. The summed E-state index contributed by atoms with van der Waals surface area (Å²) in [5, 5.41) is 0.746. The van der Waals surface area contributed by atoms with Crippen LogP contribution in [0.4, 0.5) is 5.69 Å². The van der Waals surface area contributed by atoms with Crippen LogP contribution in [0.3, 0.4) is 0 Å². The third kappa shape index (κ3) is 3.71. The maximum Gasteiger partial charge on any atom is 0.0630 e. The lowest BCUT2D eigenvalue weighted by molar-refractivity contribution is 0.922. The molecule has 0 amide bonds. The van der Waals surface area contributed by atoms with Crippen molar-refractivity contribution in [3.8, 4) is 0 Å². The average molecular weight is 258 g/mol. The minimum Gasteiger partial charge on any atom is -0.256 e. The molecule has 2 aromatic carbocycles. The Balaban J connectivity index is 2.06. The standard InChI is InChI=1S/C16H16ClN/c1-2-3-13-6-10-16(11-7-13)18-12-14-4-8-15(17)9-5-14/h4-12H,2-3H2,1H3. The van der Waals surface area contributed by atoms with E-state index in [1.54, 1.807) is 0 Å². The first kappa shape index (κ1) is 12.8. The predicted octanol–water partition coefficient (Wildman–Crippen LogP) is 5.04. The second-order valence-electron chi connectivity index (χ2n) is 4.23. The highest BCUT2D eigenvalue weighted by molar-refractivity contribution is 6.30. The average Bonchev–Trinajstić information content (AvgIpc) is 2.40. The topological polar surface area (TPSA) is 12.4 Å². The Morgan fingerprint density at radius 2 is 1.67 bits per heavy atom. The van der Waals surface area contributed by atoms with Gasteiger partial charge in [0, 0.05) is 11.2 Å². The molecule has 0 aliphatic rings. The van der Waals surface area contributed by atoms with Crippen LogP contribution >= 0.6 is 11.6 Å². The quantitative estimate of drug-likeness (QED) is 0.680. The van der Waals surface area contributed by atoms with E-state index in [0.29, 0.717) is 0 Å². The van der Waals surface area contributed by atoms with E-state index >= 15 is 0 Å². The van der Waals surface area contributed by atoms with Gasteiger partial charge in [0.2, 0.25) is 0 Å². The summed E-state index contributed by atoms with van der Waals surface area (Å²) in [6.45, 7) is 2.19. The van der Waals surface area contributed by atoms with Gasteiger partial charge in [-0.2, -0.15) is 0 Å². The lowest BCUT2D eigenvalue weighted by Gasteiger charge is -1.99. The van der Waals surface area contributed by atoms with E-state index in [1.165, 1.54) is 12.0 Å². The van der Waals surface area contributed by atoms with Gasteiger partial charge in [0.25, 0.3) is 0 Å². The zero-order valence-corrected chi connectivity index (χ0v) is 11.2. The first-order valence-electron chi connectivity index (χ1n) is 6.16. The third-order valence-corrected chi connectivity index (χ3v) is 2.96. The van der Waals surface area contributed by atoms with Crippen molar-refractivity contribution in [1.82, 2.24) is 0 Å². The van der Waals surface area contributed by atoms with Gasteiger partial charge < -0.3 is 0 Å². The molecule has 0 aliphatic carbocycles. The van der Waals surface area contributed by atoms with Crippen molar-refractivity contribution in [3.05, 3.63) is 64.7 Å². The Morgan fingerprint density at radius 1 is 1.00 bits per heavy atom. The van der Waals surface area contributed by atoms with Crippen LogP contribution in [0.25, 0.3) is 0 Å². The number of aryl methyl sites for hydroxylation is 1. The molecule has 1 nitrogen and oxygen atoms in total. The fourth-order valence-electron chi connectivity index (χ4n) is 1.74. The van der Waals surface area contributed by atoms with Gasteiger partial charge in [-0.25, -0.2) is 0 Å². The van der Waals surface area contributed by atoms with Crippen LogP contribution in [0.1, 0.15) is 24.5 Å². The molecule has 0 aliphatic heterocycles. The van der Waals surface area contributed by atoms with E-state index in [4.69, 9.17) is 11.6 Å². The summed E-state index contributed by atoms with van der Waals surface area (Å²) in [6.07, 6.45) is 4.15. The molecular formula is C16H16ClN. The minimum atomic E-state index is 0.746. The summed E-state index contributed by atoms with van der Waals surface area (Å²) in [6, 6.07) is 16.0. The van der Waals surface area contributed by atoms with Crippen molar-refractivity contribution in [1.29, 1.82) is 0 Å². The molecule has 0 spiro atoms. The number of nitrogens with zero attached hydrogens (tertiary/aromatic N) is 1. The number of hydrogen-bond acceptors (Lipinski definition) is 1. The summed E-state index contributed by atoms with van der Waals surface area (Å²) in [7, 11) is 0. The Hall–Kier alpha value is -1.60.